The van der Waals surface area contributed by atoms with Crippen LogP contribution in [0.15, 0.2) is 91.4 Å². The number of nitrogens with zero attached hydrogens (tertiary/aromatic N) is 4. The first-order valence-electron chi connectivity index (χ1n) is 16.3. The lowest BCUT2D eigenvalue weighted by Crippen LogP contribution is -2.12. The van der Waals surface area contributed by atoms with Crippen LogP contribution in [0.1, 0.15) is 59.7 Å². The topological polar surface area (TPSA) is 44.9 Å². The van der Waals surface area contributed by atoms with Crippen LogP contribution in [0.3, 0.4) is 0 Å². The Labute approximate surface area is 277 Å². The van der Waals surface area contributed by atoms with Gasteiger partial charge in [0.15, 0.2) is 0 Å². The fraction of sp³-hybridized carbons (Fsp3) is 0.238. The largest absolute Gasteiger partial charge is 0.457 e. The van der Waals surface area contributed by atoms with E-state index in [-0.39, 0.29) is 5.41 Å². The first kappa shape index (κ1) is 30.5. The van der Waals surface area contributed by atoms with Crippen molar-refractivity contribution in [3.05, 3.63) is 130 Å². The molecule has 5 heteroatoms. The van der Waals surface area contributed by atoms with E-state index < -0.39 is 0 Å². The summed E-state index contributed by atoms with van der Waals surface area (Å²) in [6.45, 7) is 19.9. The molecule has 236 valence electrons. The summed E-state index contributed by atoms with van der Waals surface area (Å²) >= 11 is 0. The molecule has 0 saturated carbocycles. The van der Waals surface area contributed by atoms with Crippen LogP contribution in [0.2, 0.25) is 0 Å². The van der Waals surface area contributed by atoms with E-state index in [0.29, 0.717) is 0 Å². The maximum atomic E-state index is 6.59. The smallest absolute Gasteiger partial charge is 0.137 e. The molecule has 4 aromatic carbocycles. The predicted molar refractivity (Wildman–Crippen MR) is 195 cm³/mol. The molecule has 7 rings (SSSR count). The van der Waals surface area contributed by atoms with Crippen LogP contribution in [-0.2, 0) is 5.41 Å². The van der Waals surface area contributed by atoms with Crippen LogP contribution in [-0.4, -0.2) is 19.3 Å². The molecule has 0 aliphatic heterocycles. The van der Waals surface area contributed by atoms with Crippen molar-refractivity contribution in [2.75, 3.05) is 0 Å². The number of fused-ring (bicyclic) bond motifs is 3. The summed E-state index contributed by atoms with van der Waals surface area (Å²) in [6.07, 6.45) is 6.02. The maximum Gasteiger partial charge on any atom is 0.137 e. The van der Waals surface area contributed by atoms with E-state index in [9.17, 15) is 0 Å². The minimum absolute atomic E-state index is 0.0125. The Bertz CT molecular complexity index is 2300. The monoisotopic (exact) mass is 618 g/mol. The average Bonchev–Trinajstić information content (AvgIpc) is 3.65. The van der Waals surface area contributed by atoms with E-state index >= 15 is 0 Å². The van der Waals surface area contributed by atoms with Crippen LogP contribution in [0.5, 0.6) is 11.5 Å². The van der Waals surface area contributed by atoms with Crippen molar-refractivity contribution in [2.45, 2.75) is 67.7 Å². The number of ether oxygens (including phenoxy) is 1. The van der Waals surface area contributed by atoms with Gasteiger partial charge in [0.1, 0.15) is 17.3 Å². The van der Waals surface area contributed by atoms with E-state index in [1.807, 2.05) is 17.1 Å². The highest BCUT2D eigenvalue weighted by molar-refractivity contribution is 6.09. The molecule has 0 unspecified atom stereocenters. The first-order chi connectivity index (χ1) is 22.4. The number of aryl methyl sites for hydroxylation is 1. The second-order valence-corrected chi connectivity index (χ2v) is 14.0. The third kappa shape index (κ3) is 5.30. The Balaban J connectivity index is 1.28. The van der Waals surface area contributed by atoms with Gasteiger partial charge in [0, 0.05) is 40.9 Å². The van der Waals surface area contributed by atoms with Gasteiger partial charge in [0.05, 0.1) is 22.9 Å². The maximum absolute atomic E-state index is 6.59. The van der Waals surface area contributed by atoms with Gasteiger partial charge in [-0.25, -0.2) is 9.67 Å². The molecular weight excluding hydrogens is 576 g/mol. The lowest BCUT2D eigenvalue weighted by atomic mass is 9.87. The van der Waals surface area contributed by atoms with Gasteiger partial charge in [-0.2, -0.15) is 5.10 Å². The Morgan fingerprint density at radius 1 is 0.660 bits per heavy atom. The number of hydrogen-bond donors (Lipinski definition) is 0. The average molecular weight is 619 g/mol. The molecule has 3 heterocycles. The van der Waals surface area contributed by atoms with Crippen LogP contribution in [0.4, 0.5) is 0 Å². The molecular formula is C42H42N4O. The highest BCUT2D eigenvalue weighted by Gasteiger charge is 2.19. The molecule has 0 aliphatic carbocycles. The molecule has 7 aromatic rings. The van der Waals surface area contributed by atoms with E-state index in [4.69, 9.17) is 14.8 Å². The summed E-state index contributed by atoms with van der Waals surface area (Å²) in [4.78, 5) is 4.83. The van der Waals surface area contributed by atoms with Crippen molar-refractivity contribution in [3.8, 4) is 34.1 Å². The van der Waals surface area contributed by atoms with Crippen molar-refractivity contribution in [1.29, 1.82) is 0 Å². The molecule has 0 amide bonds. The van der Waals surface area contributed by atoms with Gasteiger partial charge in [-0.05, 0) is 134 Å². The fourth-order valence-electron chi connectivity index (χ4n) is 6.85. The Hall–Kier alpha value is -5.16. The molecule has 47 heavy (non-hydrogen) atoms. The second kappa shape index (κ2) is 11.3. The lowest BCUT2D eigenvalue weighted by molar-refractivity contribution is 0.482. The molecule has 0 spiro atoms. The van der Waals surface area contributed by atoms with Gasteiger partial charge in [-0.1, -0.05) is 39.0 Å². The third-order valence-corrected chi connectivity index (χ3v) is 9.89. The number of pyridine rings is 1. The predicted octanol–water partition coefficient (Wildman–Crippen LogP) is 11.0. The van der Waals surface area contributed by atoms with Gasteiger partial charge >= 0.3 is 0 Å². The van der Waals surface area contributed by atoms with Crippen molar-refractivity contribution < 1.29 is 4.74 Å². The zero-order valence-electron chi connectivity index (χ0n) is 28.9. The highest BCUT2D eigenvalue weighted by Crippen LogP contribution is 2.37. The highest BCUT2D eigenvalue weighted by atomic mass is 16.5. The number of aromatic nitrogens is 4. The lowest BCUT2D eigenvalue weighted by Gasteiger charge is -2.20. The number of benzene rings is 4. The van der Waals surface area contributed by atoms with Gasteiger partial charge in [-0.15, -0.1) is 0 Å². The van der Waals surface area contributed by atoms with E-state index in [1.165, 1.54) is 44.3 Å². The molecule has 0 N–H and O–H groups in total. The van der Waals surface area contributed by atoms with E-state index in [2.05, 4.69) is 146 Å². The zero-order valence-corrected chi connectivity index (χ0v) is 28.9. The van der Waals surface area contributed by atoms with Crippen LogP contribution in [0.25, 0.3) is 44.4 Å². The molecule has 0 fully saturated rings. The molecule has 0 saturated heterocycles. The molecule has 0 radical (unpaired) electrons. The van der Waals surface area contributed by atoms with Gasteiger partial charge < -0.3 is 4.74 Å². The van der Waals surface area contributed by atoms with E-state index in [1.54, 1.807) is 0 Å². The van der Waals surface area contributed by atoms with Crippen LogP contribution in [0, 0.1) is 41.5 Å². The molecule has 3 aromatic heterocycles. The normalized spacial score (nSPS) is 11.9. The van der Waals surface area contributed by atoms with Crippen LogP contribution >= 0.6 is 0 Å². The van der Waals surface area contributed by atoms with Gasteiger partial charge in [0.2, 0.25) is 0 Å². The summed E-state index contributed by atoms with van der Waals surface area (Å²) in [5, 5.41) is 7.15. The standard InChI is InChI=1S/C42H42N4O/c1-25-18-33(45-24-31(23-44-45)41-29(5)27(3)26(2)28(4)30(41)6)21-35(19-25)47-34-14-15-37-36-12-10-11-13-38(36)46(39(37)22-34)40-20-32(16-17-43-40)42(7,8)9/h10-24H,1-9H3. The Kier molecular flexibility index (Phi) is 7.31. The third-order valence-electron chi connectivity index (χ3n) is 9.89. The number of para-hydroxylation sites is 1. The summed E-state index contributed by atoms with van der Waals surface area (Å²) < 4.78 is 10.8. The van der Waals surface area contributed by atoms with Crippen molar-refractivity contribution in [2.24, 2.45) is 0 Å². The quantitative estimate of drug-likeness (QED) is 0.193. The number of hydrogen-bond acceptors (Lipinski definition) is 3. The van der Waals surface area contributed by atoms with Crippen molar-refractivity contribution in [1.82, 2.24) is 19.3 Å². The van der Waals surface area contributed by atoms with Crippen LogP contribution < -0.4 is 4.74 Å². The summed E-state index contributed by atoms with van der Waals surface area (Å²) in [7, 11) is 0. The molecule has 5 nitrogen and oxygen atoms in total. The molecule has 0 atom stereocenters. The molecule has 0 bridgehead atoms. The molecule has 0 aliphatic rings. The summed E-state index contributed by atoms with van der Waals surface area (Å²) in [6, 6.07) is 25.4. The Morgan fingerprint density at radius 3 is 2.11 bits per heavy atom. The van der Waals surface area contributed by atoms with Crippen molar-refractivity contribution in [3.63, 3.8) is 0 Å². The minimum Gasteiger partial charge on any atom is -0.457 e. The summed E-state index contributed by atoms with van der Waals surface area (Å²) in [5.41, 5.74) is 14.6. The second-order valence-electron chi connectivity index (χ2n) is 14.0. The summed E-state index contributed by atoms with van der Waals surface area (Å²) in [5.74, 6) is 2.43. The van der Waals surface area contributed by atoms with E-state index in [0.717, 1.165) is 50.6 Å². The number of rotatable bonds is 5. The van der Waals surface area contributed by atoms with Gasteiger partial charge in [-0.3, -0.25) is 4.57 Å². The SMILES string of the molecule is Cc1cc(Oc2ccc3c4ccccc4n(-c4cc(C(C)(C)C)ccn4)c3c2)cc(-n2cc(-c3c(C)c(C)c(C)c(C)c3C)cn2)c1. The zero-order chi connectivity index (χ0) is 33.2. The Morgan fingerprint density at radius 2 is 1.36 bits per heavy atom. The fourth-order valence-corrected chi connectivity index (χ4v) is 6.85. The minimum atomic E-state index is 0.0125. The first-order valence-corrected chi connectivity index (χ1v) is 16.3. The van der Waals surface area contributed by atoms with Gasteiger partial charge in [0.25, 0.3) is 0 Å². The van der Waals surface area contributed by atoms with Crippen molar-refractivity contribution >= 4 is 21.8 Å².